The standard InChI is InChI=1S/C25H19Br2PS/c26-19-13-9-17(10-14-19)24-22-7-4-8-23(22)25(18-11-15-20(27)16-12-18)28(24,29)21-5-2-1-3-6-21/h1-3,5-6,9-16H,4,7-8H2. The van der Waals surface area contributed by atoms with E-state index in [9.17, 15) is 0 Å². The topological polar surface area (TPSA) is 0 Å². The molecule has 1 saturated carbocycles. The lowest BCUT2D eigenvalue weighted by Gasteiger charge is -2.27. The molecule has 144 valence electrons. The van der Waals surface area contributed by atoms with Crippen LogP contribution in [0.3, 0.4) is 0 Å². The summed E-state index contributed by atoms with van der Waals surface area (Å²) in [6, 6.07) is 26.2. The van der Waals surface area contributed by atoms with Crippen LogP contribution in [0.25, 0.3) is 10.6 Å². The number of rotatable bonds is 3. The van der Waals surface area contributed by atoms with Gasteiger partial charge in [0.25, 0.3) is 0 Å². The molecule has 0 bridgehead atoms. The van der Waals surface area contributed by atoms with E-state index in [1.165, 1.54) is 44.6 Å². The normalized spacial score (nSPS) is 17.7. The summed E-state index contributed by atoms with van der Waals surface area (Å²) in [5.41, 5.74) is 5.58. The van der Waals surface area contributed by atoms with Gasteiger partial charge in [0.05, 0.1) is 0 Å². The molecule has 1 aliphatic heterocycles. The molecule has 1 aliphatic carbocycles. The van der Waals surface area contributed by atoms with E-state index in [4.69, 9.17) is 11.8 Å². The molecule has 1 heterocycles. The van der Waals surface area contributed by atoms with Crippen LogP contribution < -0.4 is 5.30 Å². The van der Waals surface area contributed by atoms with Crippen LogP contribution in [0.2, 0.25) is 0 Å². The summed E-state index contributed by atoms with van der Waals surface area (Å²) in [7, 11) is 0. The van der Waals surface area contributed by atoms with Crippen molar-refractivity contribution in [2.75, 3.05) is 0 Å². The molecule has 0 radical (unpaired) electrons. The van der Waals surface area contributed by atoms with Gasteiger partial charge in [-0.2, -0.15) is 0 Å². The van der Waals surface area contributed by atoms with Crippen molar-refractivity contribution < 1.29 is 0 Å². The third kappa shape index (κ3) is 3.27. The van der Waals surface area contributed by atoms with E-state index in [-0.39, 0.29) is 0 Å². The maximum Gasteiger partial charge on any atom is 0.0396 e. The molecule has 4 heteroatoms. The first-order chi connectivity index (χ1) is 14.1. The molecule has 2 aliphatic rings. The Bertz CT molecular complexity index is 1120. The van der Waals surface area contributed by atoms with E-state index in [2.05, 4.69) is 111 Å². The second-order valence-electron chi connectivity index (χ2n) is 7.47. The number of fused-ring (bicyclic) bond motifs is 1. The highest BCUT2D eigenvalue weighted by molar-refractivity contribution is 9.10. The second-order valence-corrected chi connectivity index (χ2v) is 13.6. The van der Waals surface area contributed by atoms with Crippen molar-refractivity contribution in [2.24, 2.45) is 0 Å². The zero-order valence-electron chi connectivity index (χ0n) is 15.7. The van der Waals surface area contributed by atoms with Gasteiger partial charge in [-0.05, 0) is 71.1 Å². The van der Waals surface area contributed by atoms with Crippen LogP contribution in [-0.2, 0) is 11.8 Å². The molecule has 1 fully saturated rings. The summed E-state index contributed by atoms with van der Waals surface area (Å²) < 4.78 is 2.20. The first-order valence-electron chi connectivity index (χ1n) is 9.74. The molecule has 0 spiro atoms. The molecule has 0 atom stereocenters. The highest BCUT2D eigenvalue weighted by atomic mass is 79.9. The van der Waals surface area contributed by atoms with Crippen LogP contribution in [0.15, 0.2) is 99.0 Å². The van der Waals surface area contributed by atoms with Crippen molar-refractivity contribution in [3.8, 4) is 0 Å². The molecule has 29 heavy (non-hydrogen) atoms. The lowest BCUT2D eigenvalue weighted by atomic mass is 10.0. The summed E-state index contributed by atoms with van der Waals surface area (Å²) in [6.45, 7) is 0. The monoisotopic (exact) mass is 540 g/mol. The minimum atomic E-state index is -2.13. The van der Waals surface area contributed by atoms with E-state index in [1.54, 1.807) is 0 Å². The molecule has 0 aromatic heterocycles. The van der Waals surface area contributed by atoms with Crippen LogP contribution in [-0.4, -0.2) is 0 Å². The van der Waals surface area contributed by atoms with Gasteiger partial charge >= 0.3 is 0 Å². The largest absolute Gasteiger partial charge is 0.0825 e. The lowest BCUT2D eigenvalue weighted by molar-refractivity contribution is 0.934. The van der Waals surface area contributed by atoms with Crippen LogP contribution in [0.4, 0.5) is 0 Å². The predicted molar refractivity (Wildman–Crippen MR) is 136 cm³/mol. The summed E-state index contributed by atoms with van der Waals surface area (Å²) in [5.74, 6) is 0. The molecule has 3 aromatic rings. The third-order valence-corrected chi connectivity index (χ3v) is 11.9. The van der Waals surface area contributed by atoms with E-state index in [0.29, 0.717) is 0 Å². The molecule has 5 rings (SSSR count). The number of hydrogen-bond donors (Lipinski definition) is 0. The Labute approximate surface area is 194 Å². The van der Waals surface area contributed by atoms with Crippen LogP contribution >= 0.6 is 37.9 Å². The van der Waals surface area contributed by atoms with Gasteiger partial charge in [0.15, 0.2) is 0 Å². The fourth-order valence-electron chi connectivity index (χ4n) is 4.58. The molecule has 3 aromatic carbocycles. The minimum absolute atomic E-state index is 1.10. The quantitative estimate of drug-likeness (QED) is 0.300. The second kappa shape index (κ2) is 7.78. The van der Waals surface area contributed by atoms with Crippen LogP contribution in [0.5, 0.6) is 0 Å². The van der Waals surface area contributed by atoms with E-state index < -0.39 is 6.04 Å². The lowest BCUT2D eigenvalue weighted by Crippen LogP contribution is -2.06. The minimum Gasteiger partial charge on any atom is -0.0825 e. The van der Waals surface area contributed by atoms with Gasteiger partial charge in [0.2, 0.25) is 0 Å². The molecular weight excluding hydrogens is 523 g/mol. The van der Waals surface area contributed by atoms with E-state index in [1.807, 2.05) is 0 Å². The molecule has 0 N–H and O–H groups in total. The fourth-order valence-corrected chi connectivity index (χ4v) is 10.4. The molecule has 0 amide bonds. The van der Waals surface area contributed by atoms with Gasteiger partial charge in [-0.1, -0.05) is 98.3 Å². The van der Waals surface area contributed by atoms with Crippen molar-refractivity contribution in [1.29, 1.82) is 0 Å². The summed E-state index contributed by atoms with van der Waals surface area (Å²) in [5, 5.41) is 4.12. The summed E-state index contributed by atoms with van der Waals surface area (Å²) in [6.07, 6.45) is 3.48. The molecule has 0 nitrogen and oxygen atoms in total. The number of halogens is 2. The fraction of sp³-hybridized carbons (Fsp3) is 0.120. The van der Waals surface area contributed by atoms with Crippen molar-refractivity contribution in [3.05, 3.63) is 110 Å². The van der Waals surface area contributed by atoms with Gasteiger partial charge in [-0.15, -0.1) is 0 Å². The van der Waals surface area contributed by atoms with Crippen LogP contribution in [0.1, 0.15) is 30.4 Å². The van der Waals surface area contributed by atoms with E-state index >= 15 is 0 Å². The summed E-state index contributed by atoms with van der Waals surface area (Å²) in [4.78, 5) is 0. The van der Waals surface area contributed by atoms with E-state index in [0.717, 1.165) is 21.8 Å². The SMILES string of the molecule is S=P1(c2ccccc2)C(c2ccc(Br)cc2)=C2CCCC2=C1c1ccc(Br)cc1. The van der Waals surface area contributed by atoms with Crippen molar-refractivity contribution >= 4 is 65.6 Å². The van der Waals surface area contributed by atoms with Gasteiger partial charge in [0.1, 0.15) is 0 Å². The number of hydrogen-bond acceptors (Lipinski definition) is 1. The number of allylic oxidation sites excluding steroid dienone is 2. The molecular formula is C25H19Br2PS. The Hall–Kier alpha value is -1.25. The first-order valence-corrected chi connectivity index (χ1v) is 14.1. The van der Waals surface area contributed by atoms with Gasteiger partial charge in [-0.3, -0.25) is 0 Å². The average Bonchev–Trinajstić information content (AvgIpc) is 3.29. The smallest absolute Gasteiger partial charge is 0.0396 e. The highest BCUT2D eigenvalue weighted by Crippen LogP contribution is 2.75. The Balaban J connectivity index is 1.82. The Morgan fingerprint density at radius 1 is 0.621 bits per heavy atom. The third-order valence-electron chi connectivity index (χ3n) is 5.77. The van der Waals surface area contributed by atoms with Gasteiger partial charge < -0.3 is 0 Å². The average molecular weight is 542 g/mol. The Kier molecular flexibility index (Phi) is 5.28. The van der Waals surface area contributed by atoms with Crippen molar-refractivity contribution in [1.82, 2.24) is 0 Å². The van der Waals surface area contributed by atoms with Crippen molar-refractivity contribution in [3.63, 3.8) is 0 Å². The maximum absolute atomic E-state index is 6.73. The van der Waals surface area contributed by atoms with Gasteiger partial charge in [0, 0.05) is 25.6 Å². The molecule has 0 unspecified atom stereocenters. The zero-order valence-corrected chi connectivity index (χ0v) is 20.6. The Morgan fingerprint density at radius 3 is 1.52 bits per heavy atom. The Morgan fingerprint density at radius 2 is 1.07 bits per heavy atom. The van der Waals surface area contributed by atoms with Crippen LogP contribution in [0, 0.1) is 0 Å². The zero-order chi connectivity index (χ0) is 20.0. The number of benzene rings is 3. The summed E-state index contributed by atoms with van der Waals surface area (Å²) >= 11 is 13.9. The van der Waals surface area contributed by atoms with Gasteiger partial charge in [-0.25, -0.2) is 0 Å². The maximum atomic E-state index is 6.73. The predicted octanol–water partition coefficient (Wildman–Crippen LogP) is 8.34. The van der Waals surface area contributed by atoms with Crippen molar-refractivity contribution in [2.45, 2.75) is 19.3 Å². The molecule has 0 saturated heterocycles. The highest BCUT2D eigenvalue weighted by Gasteiger charge is 2.42. The first kappa shape index (κ1) is 19.7.